The van der Waals surface area contributed by atoms with Crippen LogP contribution in [0.25, 0.3) is 0 Å². The van der Waals surface area contributed by atoms with Gasteiger partial charge in [-0.05, 0) is 56.2 Å². The van der Waals surface area contributed by atoms with Gasteiger partial charge in [0, 0.05) is 30.1 Å². The van der Waals surface area contributed by atoms with E-state index in [2.05, 4.69) is 0 Å². The first-order valence-corrected chi connectivity index (χ1v) is 10.6. The van der Waals surface area contributed by atoms with Crippen molar-refractivity contribution in [3.8, 4) is 5.75 Å². The Morgan fingerprint density at radius 3 is 1.96 bits per heavy atom. The quantitative estimate of drug-likeness (QED) is 0.695. The number of carbonyl (C=O) groups excluding carboxylic acids is 2. The zero-order chi connectivity index (χ0) is 20.3. The molecular formula is C21H23NO5S. The second kappa shape index (κ2) is 8.24. The molecule has 0 radical (unpaired) electrons. The van der Waals surface area contributed by atoms with Crippen molar-refractivity contribution >= 4 is 21.6 Å². The third-order valence-electron chi connectivity index (χ3n) is 5.10. The van der Waals surface area contributed by atoms with Crippen LogP contribution in [0.1, 0.15) is 40.5 Å². The minimum absolute atomic E-state index is 0.0329. The van der Waals surface area contributed by atoms with Gasteiger partial charge in [0.05, 0.1) is 12.0 Å². The Morgan fingerprint density at radius 1 is 0.929 bits per heavy atom. The molecule has 1 aliphatic heterocycles. The van der Waals surface area contributed by atoms with Crippen molar-refractivity contribution < 1.29 is 22.7 Å². The number of hydrogen-bond donors (Lipinski definition) is 0. The fraction of sp³-hybridized carbons (Fsp3) is 0.333. The topological polar surface area (TPSA) is 80.8 Å². The van der Waals surface area contributed by atoms with Gasteiger partial charge in [0.15, 0.2) is 11.6 Å². The molecule has 1 heterocycles. The van der Waals surface area contributed by atoms with Crippen molar-refractivity contribution in [2.75, 3.05) is 20.2 Å². The number of sulfonamides is 1. The van der Waals surface area contributed by atoms with E-state index >= 15 is 0 Å². The molecule has 1 saturated heterocycles. The highest BCUT2D eigenvalue weighted by Crippen LogP contribution is 2.27. The number of Topliss-reactive ketones (excluding diaryl/α,β-unsaturated/α-hetero) is 2. The number of carbonyl (C=O) groups is 2. The van der Waals surface area contributed by atoms with E-state index in [1.165, 1.54) is 35.5 Å². The molecule has 2 aromatic rings. The third-order valence-corrected chi connectivity index (χ3v) is 7.01. The monoisotopic (exact) mass is 401 g/mol. The average molecular weight is 401 g/mol. The number of rotatable bonds is 6. The number of methoxy groups -OCH3 is 1. The minimum atomic E-state index is -3.63. The van der Waals surface area contributed by atoms with Crippen LogP contribution in [0.2, 0.25) is 0 Å². The smallest absolute Gasteiger partial charge is 0.243 e. The first-order valence-electron chi connectivity index (χ1n) is 9.12. The fourth-order valence-corrected chi connectivity index (χ4v) is 4.83. The molecule has 1 aliphatic rings. The number of benzene rings is 2. The predicted octanol–water partition coefficient (Wildman–Crippen LogP) is 3.18. The van der Waals surface area contributed by atoms with E-state index in [1.54, 1.807) is 31.4 Å². The van der Waals surface area contributed by atoms with E-state index in [-0.39, 0.29) is 22.4 Å². The van der Waals surface area contributed by atoms with E-state index in [1.807, 2.05) is 0 Å². The van der Waals surface area contributed by atoms with Gasteiger partial charge >= 0.3 is 0 Å². The van der Waals surface area contributed by atoms with Crippen LogP contribution in [-0.4, -0.2) is 44.5 Å². The highest BCUT2D eigenvalue weighted by atomic mass is 32.2. The van der Waals surface area contributed by atoms with E-state index in [9.17, 15) is 18.0 Å². The molecule has 28 heavy (non-hydrogen) atoms. The van der Waals surface area contributed by atoms with Crippen LogP contribution in [0.5, 0.6) is 5.75 Å². The molecule has 0 spiro atoms. The van der Waals surface area contributed by atoms with Crippen LogP contribution in [-0.2, 0) is 10.0 Å². The van der Waals surface area contributed by atoms with Crippen LogP contribution in [0, 0.1) is 5.92 Å². The number of piperidine rings is 1. The summed E-state index contributed by atoms with van der Waals surface area (Å²) in [6.45, 7) is 2.03. The zero-order valence-corrected chi connectivity index (χ0v) is 16.7. The van der Waals surface area contributed by atoms with Crippen molar-refractivity contribution in [1.29, 1.82) is 0 Å². The Kier molecular flexibility index (Phi) is 5.96. The van der Waals surface area contributed by atoms with Gasteiger partial charge in [0.25, 0.3) is 0 Å². The molecule has 0 bridgehead atoms. The normalized spacial score (nSPS) is 15.9. The second-order valence-electron chi connectivity index (χ2n) is 6.85. The Hall–Kier alpha value is -2.51. The largest absolute Gasteiger partial charge is 0.497 e. The molecule has 1 fully saturated rings. The lowest BCUT2D eigenvalue weighted by Crippen LogP contribution is -2.40. The molecular weight excluding hydrogens is 378 g/mol. The van der Waals surface area contributed by atoms with Crippen molar-refractivity contribution in [3.05, 3.63) is 59.7 Å². The summed E-state index contributed by atoms with van der Waals surface area (Å²) in [4.78, 5) is 24.2. The molecule has 3 rings (SSSR count). The molecule has 0 saturated carbocycles. The van der Waals surface area contributed by atoms with Crippen LogP contribution in [0.4, 0.5) is 0 Å². The van der Waals surface area contributed by atoms with Gasteiger partial charge in [-0.1, -0.05) is 12.1 Å². The first-order chi connectivity index (χ1) is 13.3. The van der Waals surface area contributed by atoms with Gasteiger partial charge < -0.3 is 4.74 Å². The molecule has 0 N–H and O–H groups in total. The summed E-state index contributed by atoms with van der Waals surface area (Å²) in [6.07, 6.45) is 0.964. The molecule has 148 valence electrons. The summed E-state index contributed by atoms with van der Waals surface area (Å²) >= 11 is 0. The molecule has 0 amide bonds. The lowest BCUT2D eigenvalue weighted by molar-refractivity contribution is 0.0875. The fourth-order valence-electron chi connectivity index (χ4n) is 3.36. The second-order valence-corrected chi connectivity index (χ2v) is 8.79. The summed E-state index contributed by atoms with van der Waals surface area (Å²) in [7, 11) is -2.06. The first kappa shape index (κ1) is 20.2. The third kappa shape index (κ3) is 4.15. The Morgan fingerprint density at radius 2 is 1.46 bits per heavy atom. The summed E-state index contributed by atoms with van der Waals surface area (Å²) < 4.78 is 32.2. The molecule has 6 nitrogen and oxygen atoms in total. The van der Waals surface area contributed by atoms with Crippen molar-refractivity contribution in [3.63, 3.8) is 0 Å². The van der Waals surface area contributed by atoms with Gasteiger partial charge in [-0.3, -0.25) is 9.59 Å². The highest BCUT2D eigenvalue weighted by Gasteiger charge is 2.32. The van der Waals surface area contributed by atoms with Gasteiger partial charge in [-0.15, -0.1) is 0 Å². The van der Waals surface area contributed by atoms with Gasteiger partial charge in [-0.25, -0.2) is 8.42 Å². The number of hydrogen-bond acceptors (Lipinski definition) is 5. The van der Waals surface area contributed by atoms with E-state index in [4.69, 9.17) is 4.74 Å². The Labute approximate surface area is 165 Å². The Bertz CT molecular complexity index is 957. The van der Waals surface area contributed by atoms with Gasteiger partial charge in [-0.2, -0.15) is 4.31 Å². The highest BCUT2D eigenvalue weighted by molar-refractivity contribution is 7.89. The summed E-state index contributed by atoms with van der Waals surface area (Å²) in [5.41, 5.74) is 1.09. The Balaban J connectivity index is 1.66. The average Bonchev–Trinajstić information content (AvgIpc) is 2.73. The number of ketones is 2. The molecule has 0 aliphatic carbocycles. The van der Waals surface area contributed by atoms with Crippen LogP contribution in [0.15, 0.2) is 53.4 Å². The predicted molar refractivity (Wildman–Crippen MR) is 105 cm³/mol. The molecule has 0 atom stereocenters. The molecule has 7 heteroatoms. The SMILES string of the molecule is COc1ccc(C(=O)C2CCN(S(=O)(=O)c3ccc(C(C)=O)cc3)CC2)cc1. The maximum Gasteiger partial charge on any atom is 0.243 e. The minimum Gasteiger partial charge on any atom is -0.497 e. The standard InChI is InChI=1S/C21H23NO5S/c1-15(23)16-5-9-20(10-6-16)28(25,26)22-13-11-18(12-14-22)21(24)17-3-7-19(27-2)8-4-17/h3-10,18H,11-14H2,1-2H3. The van der Waals surface area contributed by atoms with Crippen molar-refractivity contribution in [1.82, 2.24) is 4.31 Å². The molecule has 2 aromatic carbocycles. The van der Waals surface area contributed by atoms with Crippen LogP contribution in [0.3, 0.4) is 0 Å². The van der Waals surface area contributed by atoms with Crippen LogP contribution < -0.4 is 4.74 Å². The number of ether oxygens (including phenoxy) is 1. The van der Waals surface area contributed by atoms with Crippen molar-refractivity contribution in [2.24, 2.45) is 5.92 Å². The maximum absolute atomic E-state index is 12.8. The molecule has 0 unspecified atom stereocenters. The van der Waals surface area contributed by atoms with Gasteiger partial charge in [0.1, 0.15) is 5.75 Å². The number of nitrogens with zero attached hydrogens (tertiary/aromatic N) is 1. The van der Waals surface area contributed by atoms with Gasteiger partial charge in [0.2, 0.25) is 10.0 Å². The van der Waals surface area contributed by atoms with Crippen molar-refractivity contribution in [2.45, 2.75) is 24.7 Å². The summed E-state index contributed by atoms with van der Waals surface area (Å²) in [5.74, 6) is 0.417. The maximum atomic E-state index is 12.8. The van der Waals surface area contributed by atoms with E-state index in [0.29, 0.717) is 42.8 Å². The van der Waals surface area contributed by atoms with E-state index < -0.39 is 10.0 Å². The van der Waals surface area contributed by atoms with E-state index in [0.717, 1.165) is 0 Å². The summed E-state index contributed by atoms with van der Waals surface area (Å²) in [6, 6.07) is 12.9. The van der Waals surface area contributed by atoms with Crippen LogP contribution >= 0.6 is 0 Å². The zero-order valence-electron chi connectivity index (χ0n) is 15.9. The summed E-state index contributed by atoms with van der Waals surface area (Å²) in [5, 5.41) is 0. The lowest BCUT2D eigenvalue weighted by atomic mass is 9.89. The lowest BCUT2D eigenvalue weighted by Gasteiger charge is -2.30. The molecule has 0 aromatic heterocycles.